The van der Waals surface area contributed by atoms with Gasteiger partial charge in [-0.2, -0.15) is 0 Å². The molecule has 1 aromatic rings. The summed E-state index contributed by atoms with van der Waals surface area (Å²) >= 11 is 0. The smallest absolute Gasteiger partial charge is 0.160 e. The normalized spacial score (nSPS) is 14.2. The fourth-order valence-corrected chi connectivity index (χ4v) is 3.16. The highest BCUT2D eigenvalue weighted by Crippen LogP contribution is 2.49. The van der Waals surface area contributed by atoms with Crippen molar-refractivity contribution in [2.24, 2.45) is 0 Å². The molecule has 0 aliphatic heterocycles. The van der Waals surface area contributed by atoms with Gasteiger partial charge in [0.2, 0.25) is 0 Å². The molecule has 0 fully saturated rings. The van der Waals surface area contributed by atoms with E-state index in [4.69, 9.17) is 0 Å². The molecule has 1 rings (SSSR count). The number of Topliss-reactive ketones (excluding diaryl/α,β-unsaturated/α-hetero) is 2. The van der Waals surface area contributed by atoms with E-state index < -0.39 is 6.83 Å². The van der Waals surface area contributed by atoms with Gasteiger partial charge in [-0.1, -0.05) is 15.0 Å². The Morgan fingerprint density at radius 3 is 2.12 bits per heavy atom. The zero-order chi connectivity index (χ0) is 12.5. The average molecular weight is 256 g/mol. The largest absolute Gasteiger partial charge is 0.315 e. The molecule has 0 aromatic heterocycles. The monoisotopic (exact) mass is 256 g/mol. The van der Waals surface area contributed by atoms with Crippen molar-refractivity contribution in [3.63, 3.8) is 0 Å². The molecule has 0 bridgehead atoms. The molecular weight excluding hydrogens is 242 g/mol. The minimum Gasteiger partial charge on any atom is -0.315 e. The van der Waals surface area contributed by atoms with Crippen molar-refractivity contribution in [3.05, 3.63) is 29.3 Å². The van der Waals surface area contributed by atoms with E-state index in [2.05, 4.69) is 8.93 Å². The first-order valence-corrected chi connectivity index (χ1v) is 8.53. The van der Waals surface area contributed by atoms with Crippen molar-refractivity contribution in [2.45, 2.75) is 13.8 Å². The number of hydrogen-bond acceptors (Lipinski definition) is 3. The topological polar surface area (TPSA) is 51.2 Å². The van der Waals surface area contributed by atoms with Crippen molar-refractivity contribution in [1.82, 2.24) is 0 Å². The summed E-state index contributed by atoms with van der Waals surface area (Å²) in [6.07, 6.45) is 0. The minimum atomic E-state index is -2.63. The molecule has 1 aromatic carbocycles. The Morgan fingerprint density at radius 1 is 1.19 bits per heavy atom. The molecule has 0 spiro atoms. The molecule has 0 radical (unpaired) electrons. The molecule has 0 N–H and O–H groups in total. The van der Waals surface area contributed by atoms with Crippen LogP contribution < -0.4 is 5.30 Å². The van der Waals surface area contributed by atoms with Crippen LogP contribution in [0.2, 0.25) is 0 Å². The molecule has 86 valence electrons. The van der Waals surface area contributed by atoms with Crippen molar-refractivity contribution in [2.75, 3.05) is 6.66 Å². The van der Waals surface area contributed by atoms with Gasteiger partial charge in [-0.3, -0.25) is 9.59 Å². The lowest BCUT2D eigenvalue weighted by Crippen LogP contribution is -2.14. The van der Waals surface area contributed by atoms with E-state index in [1.165, 1.54) is 13.8 Å². The van der Waals surface area contributed by atoms with Crippen molar-refractivity contribution in [3.8, 4) is 0 Å². The zero-order valence-corrected chi connectivity index (χ0v) is 11.5. The maximum Gasteiger partial charge on any atom is 0.160 e. The third kappa shape index (κ3) is 2.87. The van der Waals surface area contributed by atoms with Gasteiger partial charge in [-0.05, 0) is 32.6 Å². The Morgan fingerprint density at radius 2 is 1.75 bits per heavy atom. The Bertz CT molecular complexity index is 500. The maximum atomic E-state index is 12.0. The van der Waals surface area contributed by atoms with Gasteiger partial charge in [-0.25, -0.2) is 0 Å². The summed E-state index contributed by atoms with van der Waals surface area (Å²) in [5.74, 6) is -0.246. The van der Waals surface area contributed by atoms with Gasteiger partial charge in [-0.15, -0.1) is 0 Å². The molecule has 0 heterocycles. The van der Waals surface area contributed by atoms with Gasteiger partial charge in [0.15, 0.2) is 11.6 Å². The van der Waals surface area contributed by atoms with E-state index >= 15 is 0 Å². The lowest BCUT2D eigenvalue weighted by atomic mass is 10.1. The van der Waals surface area contributed by atoms with Crippen LogP contribution in [0.1, 0.15) is 34.6 Å². The third-order valence-corrected chi connectivity index (χ3v) is 4.42. The number of ketones is 2. The quantitative estimate of drug-likeness (QED) is 0.616. The molecular formula is C11H14O3P2. The predicted molar refractivity (Wildman–Crippen MR) is 69.3 cm³/mol. The summed E-state index contributed by atoms with van der Waals surface area (Å²) in [7, 11) is 2.26. The predicted octanol–water partition coefficient (Wildman–Crippen LogP) is 2.50. The number of carbonyl (C=O) groups excluding carboxylic acids is 2. The molecule has 0 saturated heterocycles. The van der Waals surface area contributed by atoms with Crippen LogP contribution in [0.15, 0.2) is 18.2 Å². The second-order valence-corrected chi connectivity index (χ2v) is 9.25. The van der Waals surface area contributed by atoms with Crippen LogP contribution in [0, 0.1) is 0 Å². The fraction of sp³-hybridized carbons (Fsp3) is 0.273. The van der Waals surface area contributed by atoms with E-state index in [0.717, 1.165) is 0 Å². The van der Waals surface area contributed by atoms with Crippen LogP contribution in [-0.4, -0.2) is 18.2 Å². The minimum absolute atomic E-state index is 0.102. The Balaban J connectivity index is 3.51. The standard InChI is InChI=1S/C11H14O3P2/c1-7(12)9-4-5-10(8(2)13)11(6-9)16(3,14)15/h4-6H,15H2,1-3H3. The van der Waals surface area contributed by atoms with Crippen molar-refractivity contribution >= 4 is 32.6 Å². The number of benzene rings is 1. The van der Waals surface area contributed by atoms with Crippen molar-refractivity contribution < 1.29 is 14.2 Å². The summed E-state index contributed by atoms with van der Waals surface area (Å²) in [4.78, 5) is 22.6. The third-order valence-electron chi connectivity index (χ3n) is 2.26. The van der Waals surface area contributed by atoms with Crippen LogP contribution in [0.3, 0.4) is 0 Å². The second-order valence-electron chi connectivity index (χ2n) is 3.83. The highest BCUT2D eigenvalue weighted by atomic mass is 32.0. The lowest BCUT2D eigenvalue weighted by Gasteiger charge is -2.12. The highest BCUT2D eigenvalue weighted by molar-refractivity contribution is 8.21. The molecule has 2 atom stereocenters. The first kappa shape index (κ1) is 13.3. The van der Waals surface area contributed by atoms with Crippen LogP contribution in [0.25, 0.3) is 0 Å². The van der Waals surface area contributed by atoms with Gasteiger partial charge in [0, 0.05) is 16.4 Å². The van der Waals surface area contributed by atoms with Crippen LogP contribution in [0.5, 0.6) is 0 Å². The van der Waals surface area contributed by atoms with Gasteiger partial charge < -0.3 is 4.57 Å². The molecule has 3 nitrogen and oxygen atoms in total. The summed E-state index contributed by atoms with van der Waals surface area (Å²) in [6.45, 7) is 1.79. The summed E-state index contributed by atoms with van der Waals surface area (Å²) in [5.41, 5.74) is 0.898. The van der Waals surface area contributed by atoms with E-state index in [0.29, 0.717) is 16.4 Å². The molecule has 0 saturated carbocycles. The van der Waals surface area contributed by atoms with Gasteiger partial charge in [0.05, 0.1) is 0 Å². The van der Waals surface area contributed by atoms with Crippen LogP contribution in [0.4, 0.5) is 0 Å². The first-order valence-electron chi connectivity index (χ1n) is 4.76. The lowest BCUT2D eigenvalue weighted by molar-refractivity contribution is 0.100. The Labute approximate surface area is 97.1 Å². The number of rotatable bonds is 3. The maximum absolute atomic E-state index is 12.0. The summed E-state index contributed by atoms with van der Waals surface area (Å²) in [5, 5.41) is 0.456. The van der Waals surface area contributed by atoms with E-state index in [1.807, 2.05) is 0 Å². The van der Waals surface area contributed by atoms with Gasteiger partial charge >= 0.3 is 0 Å². The van der Waals surface area contributed by atoms with Gasteiger partial charge in [0.1, 0.15) is 6.83 Å². The van der Waals surface area contributed by atoms with Crippen LogP contribution >= 0.6 is 15.8 Å². The molecule has 2 unspecified atom stereocenters. The Kier molecular flexibility index (Phi) is 3.83. The molecule has 0 amide bonds. The Hall–Kier alpha value is -0.780. The summed E-state index contributed by atoms with van der Waals surface area (Å²) in [6, 6.07) is 4.70. The highest BCUT2D eigenvalue weighted by Gasteiger charge is 2.19. The summed E-state index contributed by atoms with van der Waals surface area (Å²) < 4.78 is 12.0. The second kappa shape index (κ2) is 4.61. The number of carbonyl (C=O) groups is 2. The van der Waals surface area contributed by atoms with Gasteiger partial charge in [0.25, 0.3) is 0 Å². The zero-order valence-electron chi connectivity index (χ0n) is 9.48. The average Bonchev–Trinajstić information content (AvgIpc) is 2.15. The van der Waals surface area contributed by atoms with Crippen molar-refractivity contribution in [1.29, 1.82) is 0 Å². The molecule has 5 heteroatoms. The molecule has 0 aliphatic carbocycles. The molecule has 16 heavy (non-hydrogen) atoms. The first-order chi connectivity index (χ1) is 7.23. The van der Waals surface area contributed by atoms with E-state index in [9.17, 15) is 14.2 Å². The molecule has 0 aliphatic rings. The SMILES string of the molecule is CC(=O)c1ccc(C(C)=O)c(P(C)(=O)P)c1. The van der Waals surface area contributed by atoms with E-state index in [1.54, 1.807) is 24.9 Å². The van der Waals surface area contributed by atoms with E-state index in [-0.39, 0.29) is 11.6 Å². The van der Waals surface area contributed by atoms with Crippen LogP contribution in [-0.2, 0) is 4.57 Å². The fourth-order valence-electron chi connectivity index (χ4n) is 1.42. The number of hydrogen-bond donors (Lipinski definition) is 0.